The number of hydrogen-bond donors (Lipinski definition) is 0. The summed E-state index contributed by atoms with van der Waals surface area (Å²) < 4.78 is 53.6. The van der Waals surface area contributed by atoms with E-state index in [1.165, 1.54) is 132 Å². The van der Waals surface area contributed by atoms with E-state index in [0.29, 0.717) is 30.2 Å². The van der Waals surface area contributed by atoms with Gasteiger partial charge in [0.25, 0.3) is 0 Å². The highest BCUT2D eigenvalue weighted by molar-refractivity contribution is 7.17. The lowest BCUT2D eigenvalue weighted by Gasteiger charge is -2.22. The van der Waals surface area contributed by atoms with Gasteiger partial charge in [0, 0.05) is 89.7 Å². The fourth-order valence-electron chi connectivity index (χ4n) is 19.1. The Bertz CT molecular complexity index is 7020. The first-order valence-electron chi connectivity index (χ1n) is 45.6. The molecule has 0 N–H and O–H groups in total. The van der Waals surface area contributed by atoms with E-state index >= 15 is 0 Å². The number of thiophene rings is 1. The molecule has 7 aromatic heterocycles. The third-order valence-corrected chi connectivity index (χ3v) is 25.9. The summed E-state index contributed by atoms with van der Waals surface area (Å²) in [4.78, 5) is 0. The van der Waals surface area contributed by atoms with Gasteiger partial charge in [-0.15, -0.1) is 11.3 Å². The standard InChI is InChI=1S/C32H37N2.C32H36N.C25H28NO.C25H28NS/c1-20(2)34-29-12-10-9-11-26(29)28-15-21(3)27(18-30(28)34)31-25-14-13-23(19-32(5,6)7)17-24(25)16-22(4)33(31)8;1-20-15-27-25-11-9-10-12-28(25)32(6,7)29(27)18-26(20)30-24-14-13-22(19-31(3,4)5)17-23(24)16-21(2)33(30)8;2*1-16-11-19-9-10-27-23(19)14-22(16)24-21-8-7-18(15-25(3,4)5)13-20(21)12-17(2)26(24)6/h9-18,20H,19H2,1-8H3;9-18H,19H2,1-8H3;2*7-14H,15H2,1-6H3/q4*+1/i2*16D;2*12D. The molecule has 17 aromatic rings. The average molecular weight is 1620 g/mol. The molecule has 6 nitrogen and oxygen atoms in total. The Morgan fingerprint density at radius 3 is 1.19 bits per heavy atom. The summed E-state index contributed by atoms with van der Waals surface area (Å²) in [6.07, 6.45) is 5.75. The van der Waals surface area contributed by atoms with Gasteiger partial charge in [0.15, 0.2) is 22.8 Å². The molecule has 7 heteroatoms. The van der Waals surface area contributed by atoms with E-state index in [-0.39, 0.29) is 27.1 Å². The number of furan rings is 1. The number of pyridine rings is 4. The van der Waals surface area contributed by atoms with Crippen molar-refractivity contribution >= 4 is 97.3 Å². The number of nitrogens with zero attached hydrogens (tertiary/aromatic N) is 5. The van der Waals surface area contributed by atoms with Gasteiger partial charge in [-0.05, 0) is 273 Å². The maximum Gasteiger partial charge on any atom is 0.220 e. The highest BCUT2D eigenvalue weighted by atomic mass is 32.1. The number of hydrogen-bond acceptors (Lipinski definition) is 2. The van der Waals surface area contributed by atoms with Crippen LogP contribution in [0.15, 0.2) is 222 Å². The largest absolute Gasteiger partial charge is 0.464 e. The lowest BCUT2D eigenvalue weighted by molar-refractivity contribution is -0.665. The van der Waals surface area contributed by atoms with Gasteiger partial charge in [0.2, 0.25) is 22.8 Å². The maximum atomic E-state index is 8.94. The Morgan fingerprint density at radius 2 is 0.744 bits per heavy atom. The lowest BCUT2D eigenvalue weighted by atomic mass is 9.81. The first-order valence-corrected chi connectivity index (χ1v) is 44.5. The third kappa shape index (κ3) is 17.0. The highest BCUT2D eigenvalue weighted by Crippen LogP contribution is 2.51. The molecule has 0 amide bonds. The number of rotatable bonds is 9. The van der Waals surface area contributed by atoms with Gasteiger partial charge in [-0.3, -0.25) is 0 Å². The Morgan fingerprint density at radius 1 is 0.355 bits per heavy atom. The van der Waals surface area contributed by atoms with Gasteiger partial charge >= 0.3 is 0 Å². The van der Waals surface area contributed by atoms with E-state index in [4.69, 9.17) is 9.90 Å². The number of fused-ring (bicyclic) bond motifs is 12. The molecule has 121 heavy (non-hydrogen) atoms. The van der Waals surface area contributed by atoms with Crippen molar-refractivity contribution in [2.24, 2.45) is 49.9 Å². The smallest absolute Gasteiger partial charge is 0.220 e. The molecular weight excluding hydrogens is 1490 g/mol. The zero-order chi connectivity index (χ0) is 90.2. The molecule has 0 aliphatic heterocycles. The molecule has 10 aromatic carbocycles. The van der Waals surface area contributed by atoms with E-state index in [9.17, 15) is 0 Å². The summed E-state index contributed by atoms with van der Waals surface area (Å²) in [5, 5.41) is 16.0. The van der Waals surface area contributed by atoms with Gasteiger partial charge in [-0.1, -0.05) is 194 Å². The van der Waals surface area contributed by atoms with Gasteiger partial charge in [-0.25, -0.2) is 0 Å². The molecule has 0 bridgehead atoms. The van der Waals surface area contributed by atoms with Crippen LogP contribution in [-0.2, 0) is 59.3 Å². The molecular formula is C114H129N5OS+4. The van der Waals surface area contributed by atoms with Gasteiger partial charge in [0.1, 0.15) is 33.8 Å². The van der Waals surface area contributed by atoms with Crippen molar-refractivity contribution in [3.63, 3.8) is 0 Å². The van der Waals surface area contributed by atoms with Crippen LogP contribution < -0.4 is 18.3 Å². The van der Waals surface area contributed by atoms with Crippen molar-refractivity contribution in [1.82, 2.24) is 4.57 Å². The Balaban J connectivity index is 0.000000129. The molecule has 0 fully saturated rings. The van der Waals surface area contributed by atoms with E-state index in [0.717, 1.165) is 114 Å². The summed E-state index contributed by atoms with van der Waals surface area (Å²) >= 11 is 1.79. The van der Waals surface area contributed by atoms with E-state index in [2.05, 4.69) is 392 Å². The molecule has 0 unspecified atom stereocenters. The van der Waals surface area contributed by atoms with Crippen LogP contribution in [-0.4, -0.2) is 4.57 Å². The first kappa shape index (κ1) is 79.9. The van der Waals surface area contributed by atoms with Gasteiger partial charge < -0.3 is 8.98 Å². The minimum atomic E-state index is -0.0347. The van der Waals surface area contributed by atoms with E-state index in [1.807, 2.05) is 13.0 Å². The molecule has 18 rings (SSSR count). The zero-order valence-electron chi connectivity index (χ0n) is 81.4. The molecule has 618 valence electrons. The maximum absolute atomic E-state index is 8.94. The summed E-state index contributed by atoms with van der Waals surface area (Å²) in [6, 6.07) is 69.8. The predicted octanol–water partition coefficient (Wildman–Crippen LogP) is 29.1. The first-order chi connectivity index (χ1) is 58.7. The van der Waals surface area contributed by atoms with Crippen molar-refractivity contribution in [2.75, 3.05) is 0 Å². The summed E-state index contributed by atoms with van der Waals surface area (Å²) in [5.74, 6) is 0. The van der Waals surface area contributed by atoms with Crippen LogP contribution in [0, 0.1) is 77.0 Å². The van der Waals surface area contributed by atoms with Crippen molar-refractivity contribution in [3.05, 3.63) is 296 Å². The normalized spacial score (nSPS) is 13.4. The van der Waals surface area contributed by atoms with Crippen LogP contribution in [0.25, 0.3) is 142 Å². The van der Waals surface area contributed by atoms with Crippen molar-refractivity contribution < 1.29 is 28.2 Å². The van der Waals surface area contributed by atoms with Crippen LogP contribution in [0.3, 0.4) is 0 Å². The SMILES string of the molecule is [2H]c1c(C)[n+](C)c(-c2cc3c(cc2C)-c2ccccc2C3(C)C)c2ccc(CC(C)(C)C)cc12.[2H]c1c(C)[n+](C)c(-c2cc3c(cc2C)c2ccccc2n3C(C)C)c2ccc(CC(C)(C)C)cc12.[2H]c1c(C)[n+](C)c(-c2cc3occc3cc2C)c2ccc(CC(C)(C)C)cc12.[2H]c1c(C)[n+](C)c(-c2cc3sccc3cc2C)c2ccc(CC(C)(C)C)cc12. The number of para-hydroxylation sites is 1. The summed E-state index contributed by atoms with van der Waals surface area (Å²) in [6.45, 7) is 53.4. The van der Waals surface area contributed by atoms with Crippen LogP contribution in [0.1, 0.15) is 201 Å². The molecule has 7 heterocycles. The zero-order valence-corrected chi connectivity index (χ0v) is 78.3. The Labute approximate surface area is 730 Å². The van der Waals surface area contributed by atoms with E-state index < -0.39 is 0 Å². The van der Waals surface area contributed by atoms with Crippen LogP contribution >= 0.6 is 11.3 Å². The molecule has 0 atom stereocenters. The topological polar surface area (TPSA) is 33.6 Å². The number of aromatic nitrogens is 5. The fraction of sp³-hybridized carbons (Fsp3) is 0.333. The Hall–Kier alpha value is -10.9. The van der Waals surface area contributed by atoms with Crippen molar-refractivity contribution in [2.45, 2.75) is 203 Å². The van der Waals surface area contributed by atoms with Gasteiger partial charge in [0.05, 0.1) is 61.1 Å². The second-order valence-corrected chi connectivity index (χ2v) is 41.7. The second kappa shape index (κ2) is 32.2. The van der Waals surface area contributed by atoms with E-state index in [1.54, 1.807) is 17.6 Å². The van der Waals surface area contributed by atoms with Crippen molar-refractivity contribution in [1.29, 1.82) is 0 Å². The molecule has 1 aliphatic rings. The number of aryl methyl sites for hydroxylation is 4. The third-order valence-electron chi connectivity index (χ3n) is 25.0. The highest BCUT2D eigenvalue weighted by Gasteiger charge is 2.38. The summed E-state index contributed by atoms with van der Waals surface area (Å²) in [5.41, 5.74) is 33.6. The Kier molecular flexibility index (Phi) is 21.3. The molecule has 0 spiro atoms. The minimum absolute atomic E-state index is 0.0347. The lowest BCUT2D eigenvalue weighted by Crippen LogP contribution is -2.35. The molecule has 0 saturated heterocycles. The average Bonchev–Trinajstić information content (AvgIpc) is 1.61. The summed E-state index contributed by atoms with van der Waals surface area (Å²) in [7, 11) is 8.35. The van der Waals surface area contributed by atoms with Crippen LogP contribution in [0.5, 0.6) is 0 Å². The quantitative estimate of drug-likeness (QED) is 0.133. The predicted molar refractivity (Wildman–Crippen MR) is 519 cm³/mol. The minimum Gasteiger partial charge on any atom is -0.464 e. The van der Waals surface area contributed by atoms with Crippen LogP contribution in [0.2, 0.25) is 0 Å². The second-order valence-electron chi connectivity index (χ2n) is 40.7. The monoisotopic (exact) mass is 1620 g/mol. The number of benzene rings is 10. The van der Waals surface area contributed by atoms with Crippen LogP contribution in [0.4, 0.5) is 0 Å². The van der Waals surface area contributed by atoms with Gasteiger partial charge in [-0.2, -0.15) is 18.3 Å². The van der Waals surface area contributed by atoms with Crippen molar-refractivity contribution in [3.8, 4) is 56.2 Å². The fourth-order valence-corrected chi connectivity index (χ4v) is 19.9. The molecule has 0 saturated carbocycles. The molecule has 0 radical (unpaired) electrons. The molecule has 1 aliphatic carbocycles.